The molecular formula is C19H20N4O. The number of amides is 1. The van der Waals surface area contributed by atoms with E-state index < -0.39 is 0 Å². The second kappa shape index (κ2) is 7.24. The van der Waals surface area contributed by atoms with Gasteiger partial charge < -0.3 is 4.90 Å². The monoisotopic (exact) mass is 320 g/mol. The zero-order valence-corrected chi connectivity index (χ0v) is 13.7. The predicted molar refractivity (Wildman–Crippen MR) is 91.3 cm³/mol. The molecule has 0 unspecified atom stereocenters. The van der Waals surface area contributed by atoms with Crippen molar-refractivity contribution in [1.82, 2.24) is 14.8 Å². The number of rotatable bonds is 3. The van der Waals surface area contributed by atoms with Crippen LogP contribution in [0.2, 0.25) is 0 Å². The van der Waals surface area contributed by atoms with Crippen LogP contribution in [0.15, 0.2) is 48.8 Å². The Labute approximate surface area is 142 Å². The standard InChI is InChI=1S/C19H20N4O/c1-15(18-3-2-8-21-14-18)22-9-11-23(12-10-22)19(24)17-6-4-16(13-20)5-7-17/h2-8,14-15H,9-12H2,1H3/t15-/m1/s1. The number of hydrogen-bond donors (Lipinski definition) is 0. The van der Waals surface area contributed by atoms with Crippen LogP contribution in [0.25, 0.3) is 0 Å². The molecule has 0 aliphatic carbocycles. The molecule has 1 atom stereocenters. The Balaban J connectivity index is 1.60. The maximum Gasteiger partial charge on any atom is 0.253 e. The van der Waals surface area contributed by atoms with Crippen LogP contribution in [0.3, 0.4) is 0 Å². The van der Waals surface area contributed by atoms with Crippen LogP contribution < -0.4 is 0 Å². The fourth-order valence-corrected chi connectivity index (χ4v) is 3.02. The van der Waals surface area contributed by atoms with Crippen molar-refractivity contribution in [1.29, 1.82) is 5.26 Å². The Hall–Kier alpha value is -2.71. The van der Waals surface area contributed by atoms with E-state index >= 15 is 0 Å². The lowest BCUT2D eigenvalue weighted by Crippen LogP contribution is -2.49. The zero-order chi connectivity index (χ0) is 16.9. The van der Waals surface area contributed by atoms with Gasteiger partial charge in [-0.05, 0) is 42.8 Å². The van der Waals surface area contributed by atoms with Crippen LogP contribution >= 0.6 is 0 Å². The summed E-state index contributed by atoms with van der Waals surface area (Å²) in [5, 5.41) is 8.84. The van der Waals surface area contributed by atoms with Gasteiger partial charge in [0.1, 0.15) is 0 Å². The summed E-state index contributed by atoms with van der Waals surface area (Å²) in [5.74, 6) is 0.0353. The molecule has 5 nitrogen and oxygen atoms in total. The van der Waals surface area contributed by atoms with Crippen LogP contribution in [-0.2, 0) is 0 Å². The molecule has 5 heteroatoms. The lowest BCUT2D eigenvalue weighted by Gasteiger charge is -2.38. The molecule has 1 aliphatic heterocycles. The van der Waals surface area contributed by atoms with Gasteiger partial charge in [-0.15, -0.1) is 0 Å². The van der Waals surface area contributed by atoms with E-state index in [0.29, 0.717) is 30.3 Å². The van der Waals surface area contributed by atoms with Gasteiger partial charge in [0.15, 0.2) is 0 Å². The van der Waals surface area contributed by atoms with Crippen molar-refractivity contribution in [2.75, 3.05) is 26.2 Å². The second-order valence-electron chi connectivity index (χ2n) is 5.98. The van der Waals surface area contributed by atoms with Gasteiger partial charge >= 0.3 is 0 Å². The first-order valence-electron chi connectivity index (χ1n) is 8.12. The number of carbonyl (C=O) groups is 1. The molecule has 0 bridgehead atoms. The molecule has 1 saturated heterocycles. The molecule has 3 rings (SSSR count). The summed E-state index contributed by atoms with van der Waals surface area (Å²) < 4.78 is 0. The molecule has 1 amide bonds. The predicted octanol–water partition coefficient (Wildman–Crippen LogP) is 2.47. The molecule has 1 aromatic heterocycles. The van der Waals surface area contributed by atoms with Gasteiger partial charge in [-0.3, -0.25) is 14.7 Å². The fourth-order valence-electron chi connectivity index (χ4n) is 3.02. The molecule has 24 heavy (non-hydrogen) atoms. The lowest BCUT2D eigenvalue weighted by molar-refractivity contribution is 0.0582. The third kappa shape index (κ3) is 3.44. The number of aromatic nitrogens is 1. The largest absolute Gasteiger partial charge is 0.336 e. The van der Waals surface area contributed by atoms with E-state index in [0.717, 1.165) is 13.1 Å². The summed E-state index contributed by atoms with van der Waals surface area (Å²) in [5.41, 5.74) is 2.41. The lowest BCUT2D eigenvalue weighted by atomic mass is 10.1. The number of benzene rings is 1. The number of hydrogen-bond acceptors (Lipinski definition) is 4. The van der Waals surface area contributed by atoms with Gasteiger partial charge in [0.25, 0.3) is 5.91 Å². The van der Waals surface area contributed by atoms with Crippen molar-refractivity contribution in [3.8, 4) is 6.07 Å². The maximum absolute atomic E-state index is 12.6. The summed E-state index contributed by atoms with van der Waals surface area (Å²) in [6.45, 7) is 5.29. The summed E-state index contributed by atoms with van der Waals surface area (Å²) in [7, 11) is 0. The van der Waals surface area contributed by atoms with Crippen molar-refractivity contribution >= 4 is 5.91 Å². The Morgan fingerprint density at radius 3 is 2.46 bits per heavy atom. The minimum Gasteiger partial charge on any atom is -0.336 e. The minimum absolute atomic E-state index is 0.0353. The van der Waals surface area contributed by atoms with E-state index in [1.165, 1.54) is 5.56 Å². The summed E-state index contributed by atoms with van der Waals surface area (Å²) in [6, 6.07) is 13.2. The second-order valence-corrected chi connectivity index (χ2v) is 5.98. The van der Waals surface area contributed by atoms with Crippen molar-refractivity contribution in [2.45, 2.75) is 13.0 Å². The molecular weight excluding hydrogens is 300 g/mol. The van der Waals surface area contributed by atoms with Gasteiger partial charge in [0.2, 0.25) is 0 Å². The molecule has 2 aromatic rings. The van der Waals surface area contributed by atoms with E-state index in [4.69, 9.17) is 5.26 Å². The first-order chi connectivity index (χ1) is 11.7. The number of carbonyl (C=O) groups excluding carboxylic acids is 1. The number of nitrogens with zero attached hydrogens (tertiary/aromatic N) is 4. The molecule has 0 saturated carbocycles. The van der Waals surface area contributed by atoms with E-state index in [2.05, 4.69) is 28.9 Å². The Kier molecular flexibility index (Phi) is 4.88. The number of nitriles is 1. The molecule has 0 radical (unpaired) electrons. The highest BCUT2D eigenvalue weighted by atomic mass is 16.2. The third-order valence-corrected chi connectivity index (χ3v) is 4.58. The van der Waals surface area contributed by atoms with E-state index in [1.54, 1.807) is 30.5 Å². The number of pyridine rings is 1. The highest BCUT2D eigenvalue weighted by molar-refractivity contribution is 5.94. The van der Waals surface area contributed by atoms with Crippen molar-refractivity contribution in [3.05, 3.63) is 65.5 Å². The smallest absolute Gasteiger partial charge is 0.253 e. The van der Waals surface area contributed by atoms with Crippen LogP contribution in [0.4, 0.5) is 0 Å². The molecule has 0 spiro atoms. The fraction of sp³-hybridized carbons (Fsp3) is 0.316. The molecule has 1 aliphatic rings. The quantitative estimate of drug-likeness (QED) is 0.872. The van der Waals surface area contributed by atoms with Gasteiger partial charge in [0, 0.05) is 50.2 Å². The average Bonchev–Trinajstić information content (AvgIpc) is 2.68. The van der Waals surface area contributed by atoms with Crippen molar-refractivity contribution in [3.63, 3.8) is 0 Å². The molecule has 1 aromatic carbocycles. The minimum atomic E-state index is 0.0353. The molecule has 1 fully saturated rings. The first kappa shape index (κ1) is 16.2. The van der Waals surface area contributed by atoms with Crippen molar-refractivity contribution in [2.24, 2.45) is 0 Å². The van der Waals surface area contributed by atoms with Gasteiger partial charge in [-0.2, -0.15) is 5.26 Å². The third-order valence-electron chi connectivity index (χ3n) is 4.58. The number of piperazine rings is 1. The molecule has 2 heterocycles. The summed E-state index contributed by atoms with van der Waals surface area (Å²) >= 11 is 0. The van der Waals surface area contributed by atoms with E-state index in [9.17, 15) is 4.79 Å². The Bertz CT molecular complexity index is 728. The van der Waals surface area contributed by atoms with E-state index in [1.807, 2.05) is 17.2 Å². The Morgan fingerprint density at radius 1 is 1.17 bits per heavy atom. The Morgan fingerprint density at radius 2 is 1.88 bits per heavy atom. The average molecular weight is 320 g/mol. The van der Waals surface area contributed by atoms with Gasteiger partial charge in [0.05, 0.1) is 11.6 Å². The van der Waals surface area contributed by atoms with E-state index in [-0.39, 0.29) is 5.91 Å². The zero-order valence-electron chi connectivity index (χ0n) is 13.7. The first-order valence-corrected chi connectivity index (χ1v) is 8.12. The molecule has 122 valence electrons. The van der Waals surface area contributed by atoms with Crippen LogP contribution in [-0.4, -0.2) is 46.9 Å². The molecule has 0 N–H and O–H groups in total. The van der Waals surface area contributed by atoms with Crippen molar-refractivity contribution < 1.29 is 4.79 Å². The topological polar surface area (TPSA) is 60.2 Å². The highest BCUT2D eigenvalue weighted by Crippen LogP contribution is 2.21. The highest BCUT2D eigenvalue weighted by Gasteiger charge is 2.25. The summed E-state index contributed by atoms with van der Waals surface area (Å²) in [6.07, 6.45) is 3.68. The SMILES string of the molecule is C[C@H](c1cccnc1)N1CCN(C(=O)c2ccc(C#N)cc2)CC1. The maximum atomic E-state index is 12.6. The van der Waals surface area contributed by atoms with Crippen LogP contribution in [0.1, 0.15) is 34.5 Å². The summed E-state index contributed by atoms with van der Waals surface area (Å²) in [4.78, 5) is 21.0. The van der Waals surface area contributed by atoms with Crippen LogP contribution in [0, 0.1) is 11.3 Å². The normalized spacial score (nSPS) is 16.4. The van der Waals surface area contributed by atoms with Gasteiger partial charge in [-0.25, -0.2) is 0 Å². The van der Waals surface area contributed by atoms with Crippen LogP contribution in [0.5, 0.6) is 0 Å². The van der Waals surface area contributed by atoms with Gasteiger partial charge in [-0.1, -0.05) is 6.07 Å².